The van der Waals surface area contributed by atoms with Gasteiger partial charge in [0, 0.05) is 30.0 Å². The van der Waals surface area contributed by atoms with E-state index in [0.29, 0.717) is 5.92 Å². The van der Waals surface area contributed by atoms with Crippen LogP contribution in [-0.2, 0) is 0 Å². The molecule has 1 atom stereocenters. The molecule has 0 bridgehead atoms. The van der Waals surface area contributed by atoms with Gasteiger partial charge in [-0.15, -0.1) is 0 Å². The number of allylic oxidation sites excluding steroid dienone is 1. The normalized spacial score (nSPS) is 20.8. The van der Waals surface area contributed by atoms with Crippen LogP contribution in [0, 0.1) is 11.3 Å². The first-order chi connectivity index (χ1) is 7.62. The van der Waals surface area contributed by atoms with E-state index in [9.17, 15) is 0 Å². The van der Waals surface area contributed by atoms with E-state index >= 15 is 0 Å². The standard InChI is InChI=1S/C14H24N2/c1-5-7-14(4,8-6-2)13-11-15-9-12(3)10-16-13/h9-12H,5-8H2,1-4H3. The van der Waals surface area contributed by atoms with Gasteiger partial charge in [0.05, 0.1) is 5.70 Å². The Hall–Kier alpha value is -0.920. The van der Waals surface area contributed by atoms with Crippen LogP contribution in [0.1, 0.15) is 53.4 Å². The van der Waals surface area contributed by atoms with Crippen molar-refractivity contribution < 1.29 is 0 Å². The smallest absolute Gasteiger partial charge is 0.0641 e. The topological polar surface area (TPSA) is 24.7 Å². The molecule has 90 valence electrons. The third-order valence-corrected chi connectivity index (χ3v) is 3.19. The molecule has 0 spiro atoms. The molecule has 0 aliphatic carbocycles. The highest BCUT2D eigenvalue weighted by atomic mass is 14.8. The number of aliphatic imine (C=N–C) groups is 2. The summed E-state index contributed by atoms with van der Waals surface area (Å²) < 4.78 is 0. The molecule has 0 radical (unpaired) electrons. The van der Waals surface area contributed by atoms with Crippen LogP contribution in [0.3, 0.4) is 0 Å². The Morgan fingerprint density at radius 3 is 2.38 bits per heavy atom. The molecule has 0 N–H and O–H groups in total. The number of nitrogens with zero attached hydrogens (tertiary/aromatic N) is 2. The summed E-state index contributed by atoms with van der Waals surface area (Å²) in [5.41, 5.74) is 1.35. The van der Waals surface area contributed by atoms with Crippen molar-refractivity contribution in [2.75, 3.05) is 0 Å². The molecular formula is C14H24N2. The molecule has 1 unspecified atom stereocenters. The lowest BCUT2D eigenvalue weighted by molar-refractivity contribution is 0.325. The fraction of sp³-hybridized carbons (Fsp3) is 0.714. The van der Waals surface area contributed by atoms with Crippen molar-refractivity contribution >= 4 is 12.4 Å². The maximum atomic E-state index is 4.62. The molecule has 16 heavy (non-hydrogen) atoms. The first-order valence-corrected chi connectivity index (χ1v) is 6.40. The number of hydrogen-bond donors (Lipinski definition) is 0. The van der Waals surface area contributed by atoms with Gasteiger partial charge < -0.3 is 0 Å². The van der Waals surface area contributed by atoms with E-state index in [1.54, 1.807) is 0 Å². The Bertz CT molecular complexity index is 294. The van der Waals surface area contributed by atoms with E-state index in [-0.39, 0.29) is 5.41 Å². The van der Waals surface area contributed by atoms with Gasteiger partial charge in [-0.3, -0.25) is 9.98 Å². The highest BCUT2D eigenvalue weighted by Gasteiger charge is 2.27. The first kappa shape index (κ1) is 13.1. The molecule has 2 nitrogen and oxygen atoms in total. The first-order valence-electron chi connectivity index (χ1n) is 6.40. The van der Waals surface area contributed by atoms with Crippen LogP contribution in [-0.4, -0.2) is 12.4 Å². The molecule has 2 heteroatoms. The maximum Gasteiger partial charge on any atom is 0.0641 e. The zero-order chi connectivity index (χ0) is 12.0. The van der Waals surface area contributed by atoms with Crippen molar-refractivity contribution in [3.8, 4) is 0 Å². The van der Waals surface area contributed by atoms with E-state index in [2.05, 4.69) is 37.7 Å². The lowest BCUT2D eigenvalue weighted by Crippen LogP contribution is -2.18. The molecule has 1 aliphatic rings. The highest BCUT2D eigenvalue weighted by Crippen LogP contribution is 2.38. The van der Waals surface area contributed by atoms with Crippen molar-refractivity contribution in [1.82, 2.24) is 0 Å². The molecule has 0 aromatic heterocycles. The van der Waals surface area contributed by atoms with E-state index in [1.807, 2.05) is 18.6 Å². The number of rotatable bonds is 5. The zero-order valence-corrected chi connectivity index (χ0v) is 11.0. The molecule has 0 amide bonds. The van der Waals surface area contributed by atoms with Crippen LogP contribution in [0.5, 0.6) is 0 Å². The molecular weight excluding hydrogens is 196 g/mol. The van der Waals surface area contributed by atoms with Gasteiger partial charge in [0.1, 0.15) is 0 Å². The molecule has 1 rings (SSSR count). The zero-order valence-electron chi connectivity index (χ0n) is 11.0. The Kier molecular flexibility index (Phi) is 4.91. The molecule has 0 saturated carbocycles. The van der Waals surface area contributed by atoms with Crippen LogP contribution in [0.2, 0.25) is 0 Å². The Morgan fingerprint density at radius 2 is 1.81 bits per heavy atom. The fourth-order valence-corrected chi connectivity index (χ4v) is 2.32. The average molecular weight is 220 g/mol. The second-order valence-electron chi connectivity index (χ2n) is 5.01. The lowest BCUT2D eigenvalue weighted by atomic mass is 9.78. The summed E-state index contributed by atoms with van der Waals surface area (Å²) in [4.78, 5) is 8.98. The van der Waals surface area contributed by atoms with E-state index in [1.165, 1.54) is 25.7 Å². The van der Waals surface area contributed by atoms with Crippen LogP contribution in [0.4, 0.5) is 0 Å². The van der Waals surface area contributed by atoms with Gasteiger partial charge in [-0.2, -0.15) is 0 Å². The second kappa shape index (κ2) is 5.97. The minimum absolute atomic E-state index is 0.196. The van der Waals surface area contributed by atoms with Crippen molar-refractivity contribution in [1.29, 1.82) is 0 Å². The fourth-order valence-electron chi connectivity index (χ4n) is 2.32. The maximum absolute atomic E-state index is 4.62. The monoisotopic (exact) mass is 220 g/mol. The molecule has 1 aliphatic heterocycles. The minimum Gasteiger partial charge on any atom is -0.266 e. The van der Waals surface area contributed by atoms with Crippen molar-refractivity contribution in [2.24, 2.45) is 21.3 Å². The molecule has 0 fully saturated rings. The van der Waals surface area contributed by atoms with Crippen LogP contribution < -0.4 is 0 Å². The van der Waals surface area contributed by atoms with E-state index in [0.717, 1.165) is 5.70 Å². The third kappa shape index (κ3) is 3.29. The summed E-state index contributed by atoms with van der Waals surface area (Å²) in [6, 6.07) is 0. The largest absolute Gasteiger partial charge is 0.266 e. The van der Waals surface area contributed by atoms with Crippen LogP contribution in [0.15, 0.2) is 21.9 Å². The van der Waals surface area contributed by atoms with E-state index in [4.69, 9.17) is 0 Å². The van der Waals surface area contributed by atoms with Crippen molar-refractivity contribution in [3.05, 3.63) is 11.9 Å². The predicted octanol–water partition coefficient (Wildman–Crippen LogP) is 4.23. The van der Waals surface area contributed by atoms with Gasteiger partial charge >= 0.3 is 0 Å². The highest BCUT2D eigenvalue weighted by molar-refractivity contribution is 5.84. The van der Waals surface area contributed by atoms with E-state index < -0.39 is 0 Å². The molecule has 1 heterocycles. The summed E-state index contributed by atoms with van der Waals surface area (Å²) in [7, 11) is 0. The summed E-state index contributed by atoms with van der Waals surface area (Å²) in [5, 5.41) is 0. The molecule has 0 aromatic rings. The summed E-state index contributed by atoms with van der Waals surface area (Å²) >= 11 is 0. The second-order valence-corrected chi connectivity index (χ2v) is 5.01. The average Bonchev–Trinajstić information content (AvgIpc) is 2.44. The predicted molar refractivity (Wildman–Crippen MR) is 72.2 cm³/mol. The van der Waals surface area contributed by atoms with Crippen molar-refractivity contribution in [3.63, 3.8) is 0 Å². The number of hydrogen-bond acceptors (Lipinski definition) is 2. The molecule has 0 aromatic carbocycles. The molecule has 0 saturated heterocycles. The third-order valence-electron chi connectivity index (χ3n) is 3.19. The SMILES string of the molecule is CCCC(C)(CCC)C1=CN=CC(C)C=N1. The Morgan fingerprint density at radius 1 is 1.19 bits per heavy atom. The van der Waals surface area contributed by atoms with Gasteiger partial charge in [0.2, 0.25) is 0 Å². The lowest BCUT2D eigenvalue weighted by Gasteiger charge is -2.29. The van der Waals surface area contributed by atoms with Gasteiger partial charge in [-0.25, -0.2) is 0 Å². The van der Waals surface area contributed by atoms with Gasteiger partial charge in [0.15, 0.2) is 0 Å². The van der Waals surface area contributed by atoms with Crippen LogP contribution in [0.25, 0.3) is 0 Å². The van der Waals surface area contributed by atoms with Crippen LogP contribution >= 0.6 is 0 Å². The minimum atomic E-state index is 0.196. The summed E-state index contributed by atoms with van der Waals surface area (Å²) in [5.74, 6) is 0.348. The Balaban J connectivity index is 2.90. The van der Waals surface area contributed by atoms with Gasteiger partial charge in [-0.1, -0.05) is 40.5 Å². The van der Waals surface area contributed by atoms with Gasteiger partial charge in [-0.05, 0) is 12.8 Å². The van der Waals surface area contributed by atoms with Crippen molar-refractivity contribution in [2.45, 2.75) is 53.4 Å². The van der Waals surface area contributed by atoms with Gasteiger partial charge in [0.25, 0.3) is 0 Å². The summed E-state index contributed by atoms with van der Waals surface area (Å²) in [6.07, 6.45) is 10.7. The Labute approximate surface area is 99.6 Å². The quantitative estimate of drug-likeness (QED) is 0.662. The summed E-state index contributed by atoms with van der Waals surface area (Å²) in [6.45, 7) is 8.90.